The summed E-state index contributed by atoms with van der Waals surface area (Å²) in [4.78, 5) is 8.74. The predicted molar refractivity (Wildman–Crippen MR) is 118 cm³/mol. The minimum atomic E-state index is -5.14. The van der Waals surface area contributed by atoms with Crippen LogP contribution in [0.2, 0.25) is 0 Å². The van der Waals surface area contributed by atoms with Crippen molar-refractivity contribution in [1.29, 1.82) is 0 Å². The summed E-state index contributed by atoms with van der Waals surface area (Å²) >= 11 is 0. The zero-order valence-corrected chi connectivity index (χ0v) is 19.6. The number of rotatable bonds is 4. The molecule has 0 spiro atoms. The van der Waals surface area contributed by atoms with Crippen molar-refractivity contribution in [2.45, 2.75) is 39.0 Å². The predicted octanol–water partition coefficient (Wildman–Crippen LogP) is 4.83. The highest BCUT2D eigenvalue weighted by Crippen LogP contribution is 2.41. The third-order valence-electron chi connectivity index (χ3n) is 6.15. The van der Waals surface area contributed by atoms with Crippen molar-refractivity contribution in [2.75, 3.05) is 13.7 Å². The Labute approximate surface area is 197 Å². The van der Waals surface area contributed by atoms with Crippen molar-refractivity contribution in [1.82, 2.24) is 19.7 Å². The van der Waals surface area contributed by atoms with E-state index in [4.69, 9.17) is 4.74 Å². The van der Waals surface area contributed by atoms with Gasteiger partial charge < -0.3 is 9.84 Å². The van der Waals surface area contributed by atoms with Gasteiger partial charge in [-0.05, 0) is 29.8 Å². The molecule has 12 heteroatoms. The Morgan fingerprint density at radius 3 is 2.63 bits per heavy atom. The summed E-state index contributed by atoms with van der Waals surface area (Å²) in [5.41, 5.74) is -2.52. The van der Waals surface area contributed by atoms with Crippen molar-refractivity contribution in [2.24, 2.45) is 18.9 Å². The van der Waals surface area contributed by atoms with E-state index >= 15 is 0 Å². The second kappa shape index (κ2) is 9.14. The first kappa shape index (κ1) is 25.0. The molecule has 1 aliphatic heterocycles. The first-order chi connectivity index (χ1) is 16.4. The molecule has 35 heavy (non-hydrogen) atoms. The van der Waals surface area contributed by atoms with E-state index < -0.39 is 34.7 Å². The van der Waals surface area contributed by atoms with Crippen LogP contribution in [0.25, 0.3) is 22.3 Å². The monoisotopic (exact) mass is 498 g/mol. The second-order valence-electron chi connectivity index (χ2n) is 9.02. The Hall–Kier alpha value is -3.15. The van der Waals surface area contributed by atoms with E-state index in [2.05, 4.69) is 28.9 Å². The van der Waals surface area contributed by atoms with Crippen LogP contribution in [-0.4, -0.2) is 55.4 Å². The van der Waals surface area contributed by atoms with Crippen molar-refractivity contribution in [3.8, 4) is 17.0 Å². The van der Waals surface area contributed by atoms with Crippen LogP contribution in [0.3, 0.4) is 0 Å². The van der Waals surface area contributed by atoms with Gasteiger partial charge in [-0.3, -0.25) is 0 Å². The van der Waals surface area contributed by atoms with Gasteiger partial charge in [-0.25, -0.2) is 18.0 Å². The van der Waals surface area contributed by atoms with E-state index in [1.54, 1.807) is 11.6 Å². The minimum Gasteiger partial charge on any atom is -0.503 e. The van der Waals surface area contributed by atoms with Gasteiger partial charge >= 0.3 is 12.1 Å². The highest BCUT2D eigenvalue weighted by molar-refractivity contribution is 5.91. The summed E-state index contributed by atoms with van der Waals surface area (Å²) in [6.07, 6.45) is 0.0394. The number of aromatic nitrogens is 4. The highest BCUT2D eigenvalue weighted by Gasteiger charge is 2.38. The molecule has 2 aromatic heterocycles. The fourth-order valence-corrected chi connectivity index (χ4v) is 4.24. The number of aromatic hydroxyl groups is 1. The lowest BCUT2D eigenvalue weighted by molar-refractivity contribution is -0.411. The molecular formula is C23H25F5N5O2+. The maximum atomic E-state index is 14.6. The van der Waals surface area contributed by atoms with E-state index in [1.807, 2.05) is 6.21 Å². The maximum absolute atomic E-state index is 14.6. The molecule has 1 aliphatic rings. The number of alkyl halides is 3. The van der Waals surface area contributed by atoms with Gasteiger partial charge in [-0.1, -0.05) is 18.8 Å². The maximum Gasteiger partial charge on any atom is 0.434 e. The van der Waals surface area contributed by atoms with Crippen molar-refractivity contribution in [3.05, 3.63) is 29.5 Å². The zero-order chi connectivity index (χ0) is 25.7. The number of aryl methyl sites for hydroxylation is 1. The van der Waals surface area contributed by atoms with E-state index in [1.165, 1.54) is 17.9 Å². The van der Waals surface area contributed by atoms with Gasteiger partial charge in [-0.15, -0.1) is 0 Å². The zero-order valence-electron chi connectivity index (χ0n) is 19.6. The van der Waals surface area contributed by atoms with Gasteiger partial charge in [0.05, 0.1) is 24.1 Å². The second-order valence-corrected chi connectivity index (χ2v) is 9.02. The number of phenolic OH excluding ortho intramolecular Hbond substituents is 1. The van der Waals surface area contributed by atoms with Crippen LogP contribution in [0.5, 0.6) is 5.75 Å². The lowest BCUT2D eigenvalue weighted by Crippen LogP contribution is -2.31. The molecule has 0 saturated carbocycles. The summed E-state index contributed by atoms with van der Waals surface area (Å²) in [6, 6.07) is 0.288. The Kier molecular flexibility index (Phi) is 6.52. The molecule has 1 saturated heterocycles. The lowest BCUT2D eigenvalue weighted by atomic mass is 9.91. The van der Waals surface area contributed by atoms with Crippen LogP contribution in [0, 0.1) is 23.5 Å². The van der Waals surface area contributed by atoms with E-state index in [0.29, 0.717) is 18.5 Å². The molecule has 3 heterocycles. The summed E-state index contributed by atoms with van der Waals surface area (Å²) in [6.45, 7) is 4.86. The van der Waals surface area contributed by atoms with Crippen LogP contribution in [0.1, 0.15) is 32.3 Å². The van der Waals surface area contributed by atoms with Crippen LogP contribution in [0.4, 0.5) is 27.9 Å². The fourth-order valence-electron chi connectivity index (χ4n) is 4.24. The van der Waals surface area contributed by atoms with Gasteiger partial charge in [0.25, 0.3) is 0 Å². The average molecular weight is 498 g/mol. The standard InChI is InChI=1S/C23H24F5N5O2/c1-11(2)16-7-12(5-6-35-16)10-32(3)22-29-9-14-19(31-33(4)21(14)30-22)13-8-15(23(26,27)28)18(25)20(34)17(13)24/h8-12,16H,5-7H2,1-4H3/p+1/b32-10-/t12?,16-/m1/s1. The Balaban J connectivity index is 1.74. The SMILES string of the molecule is CC(C)[C@H]1CC(/C=[N+](/C)c2ncc3c(-c4cc(C(F)(F)F)c(F)c(O)c4F)nn(C)c3n2)CCO1. The molecular weight excluding hydrogens is 473 g/mol. The first-order valence-electron chi connectivity index (χ1n) is 11.1. The van der Waals surface area contributed by atoms with Crippen molar-refractivity contribution in [3.63, 3.8) is 0 Å². The Morgan fingerprint density at radius 1 is 1.26 bits per heavy atom. The van der Waals surface area contributed by atoms with E-state index in [9.17, 15) is 27.1 Å². The molecule has 1 unspecified atom stereocenters. The molecule has 0 radical (unpaired) electrons. The summed E-state index contributed by atoms with van der Waals surface area (Å²) in [5, 5.41) is 13.9. The molecule has 1 fully saturated rings. The Bertz CT molecular complexity index is 1300. The normalized spacial score (nSPS) is 19.7. The summed E-state index contributed by atoms with van der Waals surface area (Å²) < 4.78 is 77.1. The summed E-state index contributed by atoms with van der Waals surface area (Å²) in [5.74, 6) is -4.40. The van der Waals surface area contributed by atoms with Gasteiger partial charge in [-0.2, -0.15) is 18.3 Å². The van der Waals surface area contributed by atoms with Crippen molar-refractivity contribution < 1.29 is 36.4 Å². The molecule has 0 bridgehead atoms. The summed E-state index contributed by atoms with van der Waals surface area (Å²) in [7, 11) is 3.27. The lowest BCUT2D eigenvalue weighted by Gasteiger charge is -2.30. The smallest absolute Gasteiger partial charge is 0.434 e. The largest absolute Gasteiger partial charge is 0.503 e. The third-order valence-corrected chi connectivity index (χ3v) is 6.15. The van der Waals surface area contributed by atoms with Crippen LogP contribution in [0.15, 0.2) is 12.3 Å². The molecule has 2 atom stereocenters. The van der Waals surface area contributed by atoms with Crippen molar-refractivity contribution >= 4 is 23.2 Å². The number of phenols is 1. The average Bonchev–Trinajstić information content (AvgIpc) is 3.12. The van der Waals surface area contributed by atoms with Gasteiger partial charge in [0.2, 0.25) is 5.65 Å². The first-order valence-corrected chi connectivity index (χ1v) is 11.1. The van der Waals surface area contributed by atoms with Gasteiger partial charge in [0, 0.05) is 31.4 Å². The number of hydrogen-bond acceptors (Lipinski definition) is 5. The number of benzene rings is 1. The molecule has 1 N–H and O–H groups in total. The quantitative estimate of drug-likeness (QED) is 0.317. The minimum absolute atomic E-state index is 0.147. The topological polar surface area (TPSA) is 76.1 Å². The number of nitrogens with zero attached hydrogens (tertiary/aromatic N) is 5. The number of halogens is 5. The fraction of sp³-hybridized carbons (Fsp3) is 0.478. The van der Waals surface area contributed by atoms with E-state index in [0.717, 1.165) is 12.8 Å². The van der Waals surface area contributed by atoms with Gasteiger partial charge in [0.1, 0.15) is 11.9 Å². The van der Waals surface area contributed by atoms with Gasteiger partial charge in [0.15, 0.2) is 17.4 Å². The molecule has 3 aromatic rings. The van der Waals surface area contributed by atoms with E-state index in [-0.39, 0.29) is 34.8 Å². The molecule has 0 aliphatic carbocycles. The number of hydrogen-bond donors (Lipinski definition) is 1. The highest BCUT2D eigenvalue weighted by atomic mass is 19.4. The number of ether oxygens (including phenoxy) is 1. The molecule has 4 rings (SSSR count). The Morgan fingerprint density at radius 2 is 1.97 bits per heavy atom. The van der Waals surface area contributed by atoms with Crippen LogP contribution >= 0.6 is 0 Å². The number of fused-ring (bicyclic) bond motifs is 1. The third kappa shape index (κ3) is 4.71. The van der Waals surface area contributed by atoms with Crippen LogP contribution < -0.4 is 0 Å². The van der Waals surface area contributed by atoms with Crippen LogP contribution in [-0.2, 0) is 18.0 Å². The molecule has 0 amide bonds. The molecule has 7 nitrogen and oxygen atoms in total. The molecule has 188 valence electrons. The molecule has 1 aromatic carbocycles.